The zero-order chi connectivity index (χ0) is 14.9. The maximum absolute atomic E-state index is 11.0. The molecule has 0 aliphatic carbocycles. The lowest BCUT2D eigenvalue weighted by Gasteiger charge is -2.07. The third-order valence-electron chi connectivity index (χ3n) is 2.69. The van der Waals surface area contributed by atoms with Gasteiger partial charge in [0.05, 0.1) is 16.1 Å². The van der Waals surface area contributed by atoms with Gasteiger partial charge in [-0.05, 0) is 41.5 Å². The lowest BCUT2D eigenvalue weighted by atomic mass is 10.0. The Bertz CT molecular complexity index is 709. The molecule has 3 N–H and O–H groups in total. The van der Waals surface area contributed by atoms with Crippen molar-refractivity contribution in [2.24, 2.45) is 0 Å². The summed E-state index contributed by atoms with van der Waals surface area (Å²) in [7, 11) is 0. The van der Waals surface area contributed by atoms with Crippen molar-refractivity contribution in [3.63, 3.8) is 0 Å². The third kappa shape index (κ3) is 2.73. The summed E-state index contributed by atoms with van der Waals surface area (Å²) in [6, 6.07) is 8.09. The van der Waals surface area contributed by atoms with Crippen molar-refractivity contribution in [1.29, 1.82) is 0 Å². The molecule has 0 aliphatic rings. The number of carbonyl (C=O) groups is 2. The van der Waals surface area contributed by atoms with E-state index in [1.54, 1.807) is 6.07 Å². The van der Waals surface area contributed by atoms with Gasteiger partial charge in [0.15, 0.2) is 0 Å². The molecule has 0 bridgehead atoms. The second-order valence-corrected chi connectivity index (χ2v) is 4.48. The molecule has 0 spiro atoms. The van der Waals surface area contributed by atoms with E-state index in [1.165, 1.54) is 24.3 Å². The van der Waals surface area contributed by atoms with Crippen LogP contribution < -0.4 is 0 Å². The molecule has 5 nitrogen and oxygen atoms in total. The quantitative estimate of drug-likeness (QED) is 0.808. The number of aromatic carboxylic acids is 2. The van der Waals surface area contributed by atoms with Gasteiger partial charge in [-0.3, -0.25) is 0 Å². The molecule has 0 amide bonds. The van der Waals surface area contributed by atoms with Crippen molar-refractivity contribution in [2.75, 3.05) is 0 Å². The summed E-state index contributed by atoms with van der Waals surface area (Å²) in [5.41, 5.74) is 0.656. The normalized spacial score (nSPS) is 10.2. The fraction of sp³-hybridized carbons (Fsp3) is 0. The summed E-state index contributed by atoms with van der Waals surface area (Å²) in [4.78, 5) is 22.0. The Morgan fingerprint density at radius 1 is 0.900 bits per heavy atom. The highest BCUT2D eigenvalue weighted by Crippen LogP contribution is 2.29. The summed E-state index contributed by atoms with van der Waals surface area (Å²) in [5, 5.41) is 27.6. The molecule has 20 heavy (non-hydrogen) atoms. The van der Waals surface area contributed by atoms with E-state index in [1.807, 2.05) is 0 Å². The van der Waals surface area contributed by atoms with Crippen LogP contribution >= 0.6 is 11.6 Å². The smallest absolute Gasteiger partial charge is 0.337 e. The average Bonchev–Trinajstić information content (AvgIpc) is 2.38. The second kappa shape index (κ2) is 5.22. The van der Waals surface area contributed by atoms with E-state index in [0.29, 0.717) is 11.1 Å². The van der Waals surface area contributed by atoms with Crippen LogP contribution in [0.2, 0.25) is 5.02 Å². The second-order valence-electron chi connectivity index (χ2n) is 4.07. The van der Waals surface area contributed by atoms with Crippen LogP contribution in [-0.4, -0.2) is 27.3 Å². The highest BCUT2D eigenvalue weighted by Gasteiger charge is 2.12. The summed E-state index contributed by atoms with van der Waals surface area (Å²) in [6.07, 6.45) is 0. The largest absolute Gasteiger partial charge is 0.508 e. The maximum atomic E-state index is 11.0. The number of carboxylic acids is 2. The van der Waals surface area contributed by atoms with Gasteiger partial charge in [0, 0.05) is 0 Å². The monoisotopic (exact) mass is 292 g/mol. The summed E-state index contributed by atoms with van der Waals surface area (Å²) in [5.74, 6) is -2.59. The summed E-state index contributed by atoms with van der Waals surface area (Å²) in [6.45, 7) is 0. The first-order valence-corrected chi connectivity index (χ1v) is 5.87. The van der Waals surface area contributed by atoms with Crippen LogP contribution in [0.1, 0.15) is 20.7 Å². The van der Waals surface area contributed by atoms with Gasteiger partial charge in [0.1, 0.15) is 5.75 Å². The number of phenolic OH excluding ortho intramolecular Hbond substituents is 1. The van der Waals surface area contributed by atoms with Crippen LogP contribution in [0.3, 0.4) is 0 Å². The minimum Gasteiger partial charge on any atom is -0.508 e. The zero-order valence-corrected chi connectivity index (χ0v) is 10.8. The molecule has 0 radical (unpaired) electrons. The average molecular weight is 293 g/mol. The SMILES string of the molecule is O=C(O)c1cc(O)cc(-c2ccc(Cl)c(C(=O)O)c2)c1. The fourth-order valence-electron chi connectivity index (χ4n) is 1.77. The molecule has 0 saturated heterocycles. The van der Waals surface area contributed by atoms with Gasteiger partial charge in [-0.25, -0.2) is 9.59 Å². The Labute approximate surface area is 118 Å². The zero-order valence-electron chi connectivity index (χ0n) is 10.0. The van der Waals surface area contributed by atoms with Crippen molar-refractivity contribution in [3.8, 4) is 16.9 Å². The molecular formula is C14H9ClO5. The third-order valence-corrected chi connectivity index (χ3v) is 3.02. The minimum atomic E-state index is -1.19. The minimum absolute atomic E-state index is 0.0832. The Morgan fingerprint density at radius 3 is 2.20 bits per heavy atom. The van der Waals surface area contributed by atoms with E-state index >= 15 is 0 Å². The predicted molar refractivity (Wildman–Crippen MR) is 72.5 cm³/mol. The number of carboxylic acid groups (broad SMARTS) is 2. The van der Waals surface area contributed by atoms with Crippen LogP contribution in [-0.2, 0) is 0 Å². The highest BCUT2D eigenvalue weighted by atomic mass is 35.5. The number of benzene rings is 2. The van der Waals surface area contributed by atoms with Gasteiger partial charge in [-0.1, -0.05) is 17.7 Å². The summed E-state index contributed by atoms with van der Waals surface area (Å²) < 4.78 is 0. The molecule has 0 heterocycles. The molecule has 2 rings (SSSR count). The van der Waals surface area contributed by atoms with Crippen molar-refractivity contribution in [2.45, 2.75) is 0 Å². The Morgan fingerprint density at radius 2 is 1.60 bits per heavy atom. The molecule has 0 fully saturated rings. The maximum Gasteiger partial charge on any atom is 0.337 e. The molecule has 0 unspecified atom stereocenters. The number of halogens is 1. The van der Waals surface area contributed by atoms with Crippen LogP contribution in [0.4, 0.5) is 0 Å². The molecular weight excluding hydrogens is 284 g/mol. The number of hydrogen-bond acceptors (Lipinski definition) is 3. The highest BCUT2D eigenvalue weighted by molar-refractivity contribution is 6.33. The number of hydrogen-bond donors (Lipinski definition) is 3. The molecule has 6 heteroatoms. The van der Waals surface area contributed by atoms with E-state index in [2.05, 4.69) is 0 Å². The fourth-order valence-corrected chi connectivity index (χ4v) is 1.97. The molecule has 0 atom stereocenters. The van der Waals surface area contributed by atoms with Crippen molar-refractivity contribution in [3.05, 3.63) is 52.5 Å². The Kier molecular flexibility index (Phi) is 3.63. The molecule has 0 aliphatic heterocycles. The number of aromatic hydroxyl groups is 1. The van der Waals surface area contributed by atoms with Crippen molar-refractivity contribution in [1.82, 2.24) is 0 Å². The molecule has 2 aromatic rings. The van der Waals surface area contributed by atoms with E-state index in [9.17, 15) is 14.7 Å². The van der Waals surface area contributed by atoms with Gasteiger partial charge in [-0.15, -0.1) is 0 Å². The van der Waals surface area contributed by atoms with Crippen LogP contribution in [0.5, 0.6) is 5.75 Å². The molecule has 2 aromatic carbocycles. The van der Waals surface area contributed by atoms with Gasteiger partial charge in [-0.2, -0.15) is 0 Å². The van der Waals surface area contributed by atoms with E-state index in [4.69, 9.17) is 21.8 Å². The van der Waals surface area contributed by atoms with Crippen LogP contribution in [0.15, 0.2) is 36.4 Å². The summed E-state index contributed by atoms with van der Waals surface area (Å²) >= 11 is 5.77. The van der Waals surface area contributed by atoms with Gasteiger partial charge < -0.3 is 15.3 Å². The van der Waals surface area contributed by atoms with Crippen molar-refractivity contribution >= 4 is 23.5 Å². The number of phenols is 1. The first kappa shape index (κ1) is 13.9. The Balaban J connectivity index is 2.59. The van der Waals surface area contributed by atoms with E-state index < -0.39 is 11.9 Å². The Hall–Kier alpha value is -2.53. The van der Waals surface area contributed by atoms with E-state index in [0.717, 1.165) is 6.07 Å². The van der Waals surface area contributed by atoms with Gasteiger partial charge in [0.25, 0.3) is 0 Å². The topological polar surface area (TPSA) is 94.8 Å². The number of rotatable bonds is 3. The lowest BCUT2D eigenvalue weighted by Crippen LogP contribution is -1.99. The molecule has 102 valence electrons. The molecule has 0 saturated carbocycles. The van der Waals surface area contributed by atoms with Crippen LogP contribution in [0, 0.1) is 0 Å². The van der Waals surface area contributed by atoms with E-state index in [-0.39, 0.29) is 21.9 Å². The van der Waals surface area contributed by atoms with Crippen molar-refractivity contribution < 1.29 is 24.9 Å². The standard InChI is InChI=1S/C14H9ClO5/c15-12-2-1-7(6-11(12)14(19)20)8-3-9(13(17)18)5-10(16)4-8/h1-6,16H,(H,17,18)(H,19,20). The van der Waals surface area contributed by atoms with Gasteiger partial charge in [0.2, 0.25) is 0 Å². The predicted octanol–water partition coefficient (Wildman–Crippen LogP) is 3.11. The molecule has 0 aromatic heterocycles. The van der Waals surface area contributed by atoms with Gasteiger partial charge >= 0.3 is 11.9 Å². The van der Waals surface area contributed by atoms with Crippen LogP contribution in [0.25, 0.3) is 11.1 Å². The first-order chi connectivity index (χ1) is 9.38. The lowest BCUT2D eigenvalue weighted by molar-refractivity contribution is 0.0686. The first-order valence-electron chi connectivity index (χ1n) is 5.49.